The van der Waals surface area contributed by atoms with Crippen LogP contribution in [0.15, 0.2) is 0 Å². The maximum atomic E-state index is 10.6. The minimum Gasteiger partial charge on any atom is -0.449 e. The number of hydrazine groups is 1. The maximum absolute atomic E-state index is 10.6. The van der Waals surface area contributed by atoms with Gasteiger partial charge in [-0.3, -0.25) is 0 Å². The van der Waals surface area contributed by atoms with Gasteiger partial charge in [-0.25, -0.2) is 20.4 Å². The Labute approximate surface area is 80.5 Å². The lowest BCUT2D eigenvalue weighted by atomic mass is 10.8. The maximum Gasteiger partial charge on any atom is 0.426 e. The molecule has 0 aliphatic rings. The van der Waals surface area contributed by atoms with Crippen LogP contribution >= 0.6 is 11.6 Å². The van der Waals surface area contributed by atoms with E-state index in [1.807, 2.05) is 10.9 Å². The van der Waals surface area contributed by atoms with E-state index in [0.29, 0.717) is 0 Å². The third kappa shape index (κ3) is 7.20. The van der Waals surface area contributed by atoms with Crippen LogP contribution in [0, 0.1) is 0 Å². The fourth-order valence-electron chi connectivity index (χ4n) is 0.437. The van der Waals surface area contributed by atoms with Crippen molar-refractivity contribution in [2.75, 3.05) is 19.1 Å². The third-order valence-corrected chi connectivity index (χ3v) is 1.01. The lowest BCUT2D eigenvalue weighted by Crippen LogP contribution is -2.42. The van der Waals surface area contributed by atoms with Gasteiger partial charge in [0.2, 0.25) is 0 Å². The Morgan fingerprint density at radius 3 is 2.23 bits per heavy atom. The zero-order valence-electron chi connectivity index (χ0n) is 7.13. The predicted octanol–water partition coefficient (Wildman–Crippen LogP) is 0.612. The van der Waals surface area contributed by atoms with E-state index < -0.39 is 12.2 Å². The summed E-state index contributed by atoms with van der Waals surface area (Å²) in [4.78, 5) is 21.2. The standard InChI is InChI=1S/C6H11ClN2O4/c1-2-12-5(10)8-9-6(11)13-4-3-7/h2-4H2,1H3,(H,8,10)(H,9,11). The van der Waals surface area contributed by atoms with Gasteiger partial charge in [-0.15, -0.1) is 11.6 Å². The van der Waals surface area contributed by atoms with Gasteiger partial charge in [0.1, 0.15) is 6.61 Å². The molecule has 0 aromatic carbocycles. The van der Waals surface area contributed by atoms with Gasteiger partial charge in [-0.05, 0) is 6.92 Å². The molecule has 0 saturated heterocycles. The average Bonchev–Trinajstić information content (AvgIpc) is 2.12. The second-order valence-electron chi connectivity index (χ2n) is 1.80. The first-order chi connectivity index (χ1) is 6.20. The molecule has 0 aromatic heterocycles. The highest BCUT2D eigenvalue weighted by molar-refractivity contribution is 6.18. The van der Waals surface area contributed by atoms with E-state index in [0.717, 1.165) is 0 Å². The summed E-state index contributed by atoms with van der Waals surface area (Å²) in [7, 11) is 0. The molecule has 0 atom stereocenters. The molecule has 0 aliphatic heterocycles. The number of rotatable bonds is 3. The number of halogens is 1. The molecule has 76 valence electrons. The first kappa shape index (κ1) is 11.8. The number of hydrogen-bond acceptors (Lipinski definition) is 4. The summed E-state index contributed by atoms with van der Waals surface area (Å²) in [5.41, 5.74) is 3.92. The number of hydrogen-bond donors (Lipinski definition) is 2. The lowest BCUT2D eigenvalue weighted by molar-refractivity contribution is 0.130. The topological polar surface area (TPSA) is 76.7 Å². The van der Waals surface area contributed by atoms with Gasteiger partial charge in [-0.2, -0.15) is 0 Å². The van der Waals surface area contributed by atoms with Crippen LogP contribution in [0.1, 0.15) is 6.92 Å². The van der Waals surface area contributed by atoms with Gasteiger partial charge in [0.05, 0.1) is 12.5 Å². The van der Waals surface area contributed by atoms with Crippen molar-refractivity contribution in [2.24, 2.45) is 0 Å². The Hall–Kier alpha value is -1.17. The van der Waals surface area contributed by atoms with E-state index in [1.54, 1.807) is 6.92 Å². The monoisotopic (exact) mass is 210 g/mol. The van der Waals surface area contributed by atoms with Crippen LogP contribution in [0.25, 0.3) is 0 Å². The van der Waals surface area contributed by atoms with Crippen LogP contribution < -0.4 is 10.9 Å². The number of ether oxygens (including phenoxy) is 2. The molecule has 2 amide bonds. The molecular formula is C6H11ClN2O4. The van der Waals surface area contributed by atoms with Gasteiger partial charge < -0.3 is 9.47 Å². The first-order valence-electron chi connectivity index (χ1n) is 3.62. The van der Waals surface area contributed by atoms with Crippen molar-refractivity contribution in [1.29, 1.82) is 0 Å². The van der Waals surface area contributed by atoms with Crippen molar-refractivity contribution < 1.29 is 19.1 Å². The second-order valence-corrected chi connectivity index (χ2v) is 2.17. The van der Waals surface area contributed by atoms with E-state index in [2.05, 4.69) is 9.47 Å². The smallest absolute Gasteiger partial charge is 0.426 e. The molecular weight excluding hydrogens is 200 g/mol. The normalized spacial score (nSPS) is 8.77. The molecule has 0 rings (SSSR count). The molecule has 6 nitrogen and oxygen atoms in total. The van der Waals surface area contributed by atoms with Crippen LogP contribution in [0.3, 0.4) is 0 Å². The lowest BCUT2D eigenvalue weighted by Gasteiger charge is -2.06. The van der Waals surface area contributed by atoms with Crippen LogP contribution in [-0.2, 0) is 9.47 Å². The summed E-state index contributed by atoms with van der Waals surface area (Å²) < 4.78 is 8.92. The fourth-order valence-corrected chi connectivity index (χ4v) is 0.514. The van der Waals surface area contributed by atoms with Crippen molar-refractivity contribution in [1.82, 2.24) is 10.9 Å². The quantitative estimate of drug-likeness (QED) is 0.529. The molecule has 0 radical (unpaired) electrons. The van der Waals surface area contributed by atoms with Crippen molar-refractivity contribution >= 4 is 23.8 Å². The molecule has 0 unspecified atom stereocenters. The van der Waals surface area contributed by atoms with Crippen LogP contribution in [0.4, 0.5) is 9.59 Å². The van der Waals surface area contributed by atoms with E-state index in [9.17, 15) is 9.59 Å². The number of alkyl halides is 1. The Balaban J connectivity index is 3.40. The number of amides is 2. The minimum atomic E-state index is -0.784. The van der Waals surface area contributed by atoms with E-state index in [4.69, 9.17) is 11.6 Å². The number of carbonyl (C=O) groups excluding carboxylic acids is 2. The van der Waals surface area contributed by atoms with Crippen LogP contribution in [0.5, 0.6) is 0 Å². The number of carbonyl (C=O) groups is 2. The molecule has 0 spiro atoms. The molecule has 7 heteroatoms. The van der Waals surface area contributed by atoms with Crippen molar-refractivity contribution in [3.8, 4) is 0 Å². The summed E-state index contributed by atoms with van der Waals surface area (Å²) in [6.07, 6.45) is -1.53. The third-order valence-electron chi connectivity index (χ3n) is 0.852. The molecule has 0 aliphatic carbocycles. The Morgan fingerprint density at radius 1 is 1.23 bits per heavy atom. The molecule has 13 heavy (non-hydrogen) atoms. The number of nitrogens with one attached hydrogen (secondary N) is 2. The van der Waals surface area contributed by atoms with Crippen molar-refractivity contribution in [3.05, 3.63) is 0 Å². The summed E-state index contributed by atoms with van der Waals surface area (Å²) in [6.45, 7) is 1.95. The van der Waals surface area contributed by atoms with Crippen LogP contribution in [-0.4, -0.2) is 31.3 Å². The molecule has 0 aromatic rings. The van der Waals surface area contributed by atoms with Gasteiger partial charge in [-0.1, -0.05) is 0 Å². The largest absolute Gasteiger partial charge is 0.449 e. The fraction of sp³-hybridized carbons (Fsp3) is 0.667. The summed E-state index contributed by atoms with van der Waals surface area (Å²) in [5, 5.41) is 0. The van der Waals surface area contributed by atoms with Crippen LogP contribution in [0.2, 0.25) is 0 Å². The van der Waals surface area contributed by atoms with E-state index >= 15 is 0 Å². The predicted molar refractivity (Wildman–Crippen MR) is 45.4 cm³/mol. The average molecular weight is 211 g/mol. The van der Waals surface area contributed by atoms with E-state index in [1.165, 1.54) is 0 Å². The second kappa shape index (κ2) is 7.48. The Morgan fingerprint density at radius 2 is 1.77 bits per heavy atom. The first-order valence-corrected chi connectivity index (χ1v) is 4.15. The van der Waals surface area contributed by atoms with Gasteiger partial charge in [0.15, 0.2) is 0 Å². The Bertz CT molecular complexity index is 176. The molecule has 0 fully saturated rings. The summed E-state index contributed by atoms with van der Waals surface area (Å²) >= 11 is 5.24. The van der Waals surface area contributed by atoms with Crippen molar-refractivity contribution in [2.45, 2.75) is 6.92 Å². The molecule has 0 bridgehead atoms. The van der Waals surface area contributed by atoms with Crippen molar-refractivity contribution in [3.63, 3.8) is 0 Å². The minimum absolute atomic E-state index is 0.0812. The molecule has 0 heterocycles. The molecule has 0 saturated carbocycles. The van der Waals surface area contributed by atoms with Gasteiger partial charge in [0.25, 0.3) is 0 Å². The highest BCUT2D eigenvalue weighted by Gasteiger charge is 2.03. The zero-order chi connectivity index (χ0) is 10.1. The molecule has 2 N–H and O–H groups in total. The SMILES string of the molecule is CCOC(=O)NNC(=O)OCCCl. The highest BCUT2D eigenvalue weighted by atomic mass is 35.5. The van der Waals surface area contributed by atoms with Gasteiger partial charge >= 0.3 is 12.2 Å². The zero-order valence-corrected chi connectivity index (χ0v) is 7.89. The highest BCUT2D eigenvalue weighted by Crippen LogP contribution is 1.80. The van der Waals surface area contributed by atoms with E-state index in [-0.39, 0.29) is 19.1 Å². The van der Waals surface area contributed by atoms with Gasteiger partial charge in [0, 0.05) is 0 Å². The summed E-state index contributed by atoms with van der Waals surface area (Å²) in [6, 6.07) is 0. The summed E-state index contributed by atoms with van der Waals surface area (Å²) in [5.74, 6) is 0.201. The Kier molecular flexibility index (Phi) is 6.80.